The highest BCUT2D eigenvalue weighted by atomic mass is 28.1. The highest BCUT2D eigenvalue weighted by Gasteiger charge is 2.21. The van der Waals surface area contributed by atoms with Crippen molar-refractivity contribution in [2.75, 3.05) is 13.7 Å². The summed E-state index contributed by atoms with van der Waals surface area (Å²) >= 11 is 0. The first kappa shape index (κ1) is 11.2. The van der Waals surface area contributed by atoms with Gasteiger partial charge in [-0.1, -0.05) is 0 Å². The minimum absolute atomic E-state index is 0.337. The van der Waals surface area contributed by atoms with Gasteiger partial charge in [-0.05, 0) is 17.7 Å². The molecule has 3 radical (unpaired) electrons. The maximum Gasteiger partial charge on any atom is 0.127 e. The maximum absolute atomic E-state index is 13.0. The van der Waals surface area contributed by atoms with Gasteiger partial charge >= 0.3 is 0 Å². The molecule has 5 heteroatoms. The van der Waals surface area contributed by atoms with Crippen LogP contribution in [0.3, 0.4) is 0 Å². The summed E-state index contributed by atoms with van der Waals surface area (Å²) in [5.74, 6) is -0.0950. The third kappa shape index (κ3) is 2.31. The molecule has 75 valence electrons. The second kappa shape index (κ2) is 4.08. The lowest BCUT2D eigenvalue weighted by Crippen LogP contribution is -2.41. The number of ether oxygens (including phenoxy) is 1. The molecule has 3 nitrogen and oxygen atoms in total. The fourth-order valence-electron chi connectivity index (χ4n) is 1.03. The average molecular weight is 212 g/mol. The van der Waals surface area contributed by atoms with Crippen LogP contribution in [0.25, 0.3) is 0 Å². The minimum atomic E-state index is -1.14. The van der Waals surface area contributed by atoms with Gasteiger partial charge in [0.05, 0.1) is 24.0 Å². The zero-order valence-electron chi connectivity index (χ0n) is 7.75. The van der Waals surface area contributed by atoms with Gasteiger partial charge in [-0.3, -0.25) is 0 Å². The van der Waals surface area contributed by atoms with E-state index in [4.69, 9.17) is 15.6 Å². The molecule has 0 heterocycles. The van der Waals surface area contributed by atoms with E-state index in [0.29, 0.717) is 11.3 Å². The summed E-state index contributed by atoms with van der Waals surface area (Å²) in [6.45, 7) is -0.337. The molecule has 0 aromatic heterocycles. The second-order valence-corrected chi connectivity index (χ2v) is 3.90. The number of benzene rings is 1. The maximum atomic E-state index is 13.0. The molecule has 0 saturated carbocycles. The lowest BCUT2D eigenvalue weighted by atomic mass is 10.1. The predicted octanol–water partition coefficient (Wildman–Crippen LogP) is 0.107. The normalized spacial score (nSPS) is 14.9. The van der Waals surface area contributed by atoms with Crippen molar-refractivity contribution in [2.45, 2.75) is 5.16 Å². The molecule has 3 N–H and O–H groups in total. The van der Waals surface area contributed by atoms with Crippen molar-refractivity contribution >= 4 is 10.2 Å². The van der Waals surface area contributed by atoms with Gasteiger partial charge in [-0.15, -0.1) is 0 Å². The van der Waals surface area contributed by atoms with Gasteiger partial charge in [0.1, 0.15) is 11.6 Å². The van der Waals surface area contributed by atoms with Gasteiger partial charge in [-0.2, -0.15) is 0 Å². The Hall–Kier alpha value is -0.913. The molecule has 1 aromatic rings. The SMILES string of the molecule is COc1cc(F)cc(C(N)([Si])CO)c1. The molecule has 0 bridgehead atoms. The van der Waals surface area contributed by atoms with Crippen LogP contribution in [0.1, 0.15) is 5.56 Å². The van der Waals surface area contributed by atoms with Crippen molar-refractivity contribution in [3.05, 3.63) is 29.6 Å². The van der Waals surface area contributed by atoms with Gasteiger partial charge in [0, 0.05) is 11.2 Å². The van der Waals surface area contributed by atoms with Crippen LogP contribution >= 0.6 is 0 Å². The van der Waals surface area contributed by atoms with Crippen molar-refractivity contribution in [2.24, 2.45) is 5.73 Å². The van der Waals surface area contributed by atoms with Gasteiger partial charge < -0.3 is 15.6 Å². The standard InChI is InChI=1S/C9H11FNO2Si/c1-13-8-3-6(2-7(10)4-8)9(11,14)5-12/h2-4,12H,5,11H2,1H3. The highest BCUT2D eigenvalue weighted by molar-refractivity contribution is 6.15. The Morgan fingerprint density at radius 1 is 1.57 bits per heavy atom. The van der Waals surface area contributed by atoms with Gasteiger partial charge in [0.2, 0.25) is 0 Å². The van der Waals surface area contributed by atoms with Crippen molar-refractivity contribution in [3.8, 4) is 5.75 Å². The third-order valence-electron chi connectivity index (χ3n) is 1.87. The summed E-state index contributed by atoms with van der Waals surface area (Å²) in [4.78, 5) is 0. The van der Waals surface area contributed by atoms with E-state index in [0.717, 1.165) is 0 Å². The first-order valence-corrected chi connectivity index (χ1v) is 4.49. The molecule has 1 rings (SSSR count). The molecule has 0 aliphatic carbocycles. The molecule has 0 fully saturated rings. The van der Waals surface area contributed by atoms with Crippen LogP contribution in [-0.2, 0) is 5.16 Å². The van der Waals surface area contributed by atoms with E-state index in [1.54, 1.807) is 6.07 Å². The molecule has 0 amide bonds. The van der Waals surface area contributed by atoms with Crippen LogP contribution in [0.4, 0.5) is 4.39 Å². The number of hydrogen-bond donors (Lipinski definition) is 2. The monoisotopic (exact) mass is 212 g/mol. The Bertz CT molecular complexity index is 331. The number of rotatable bonds is 3. The summed E-state index contributed by atoms with van der Waals surface area (Å²) in [6, 6.07) is 4.04. The molecule has 0 spiro atoms. The van der Waals surface area contributed by atoms with Gasteiger partial charge in [0.15, 0.2) is 0 Å². The first-order chi connectivity index (χ1) is 6.49. The Morgan fingerprint density at radius 2 is 2.21 bits per heavy atom. The zero-order chi connectivity index (χ0) is 10.8. The van der Waals surface area contributed by atoms with Gasteiger partial charge in [-0.25, -0.2) is 4.39 Å². The number of nitrogens with two attached hydrogens (primary N) is 1. The molecular weight excluding hydrogens is 201 g/mol. The van der Waals surface area contributed by atoms with Gasteiger partial charge in [0.25, 0.3) is 0 Å². The van der Waals surface area contributed by atoms with E-state index in [1.165, 1.54) is 19.2 Å². The molecule has 14 heavy (non-hydrogen) atoms. The van der Waals surface area contributed by atoms with Crippen molar-refractivity contribution in [3.63, 3.8) is 0 Å². The predicted molar refractivity (Wildman–Crippen MR) is 51.7 cm³/mol. The molecule has 1 atom stereocenters. The number of aliphatic hydroxyl groups is 1. The summed E-state index contributed by atoms with van der Waals surface area (Å²) in [5, 5.41) is 7.82. The average Bonchev–Trinajstić information content (AvgIpc) is 2.16. The van der Waals surface area contributed by atoms with Crippen molar-refractivity contribution < 1.29 is 14.2 Å². The Morgan fingerprint density at radius 3 is 2.71 bits per heavy atom. The number of hydrogen-bond acceptors (Lipinski definition) is 3. The zero-order valence-corrected chi connectivity index (χ0v) is 8.75. The quantitative estimate of drug-likeness (QED) is 0.699. The summed E-state index contributed by atoms with van der Waals surface area (Å²) < 4.78 is 17.9. The number of aliphatic hydroxyl groups excluding tert-OH is 1. The Balaban J connectivity index is 3.15. The Labute approximate surface area is 85.1 Å². The van der Waals surface area contributed by atoms with E-state index in [-0.39, 0.29) is 6.61 Å². The van der Waals surface area contributed by atoms with E-state index >= 15 is 0 Å². The van der Waals surface area contributed by atoms with Crippen LogP contribution in [0.2, 0.25) is 0 Å². The molecule has 0 aliphatic heterocycles. The summed E-state index contributed by atoms with van der Waals surface area (Å²) in [7, 11) is 4.58. The smallest absolute Gasteiger partial charge is 0.127 e. The lowest BCUT2D eigenvalue weighted by molar-refractivity contribution is 0.247. The first-order valence-electron chi connectivity index (χ1n) is 3.99. The van der Waals surface area contributed by atoms with Crippen LogP contribution in [0, 0.1) is 5.82 Å². The second-order valence-electron chi connectivity index (χ2n) is 3.01. The largest absolute Gasteiger partial charge is 0.497 e. The van der Waals surface area contributed by atoms with Crippen molar-refractivity contribution in [1.29, 1.82) is 0 Å². The Kier molecular flexibility index (Phi) is 3.25. The van der Waals surface area contributed by atoms with E-state index in [1.807, 2.05) is 0 Å². The third-order valence-corrected chi connectivity index (χ3v) is 2.32. The van der Waals surface area contributed by atoms with Crippen LogP contribution in [0.5, 0.6) is 5.75 Å². The molecule has 1 aromatic carbocycles. The molecule has 0 saturated heterocycles. The fourth-order valence-corrected chi connectivity index (χ4v) is 1.17. The molecule has 1 unspecified atom stereocenters. The van der Waals surface area contributed by atoms with E-state index in [2.05, 4.69) is 10.2 Å². The van der Waals surface area contributed by atoms with Crippen LogP contribution < -0.4 is 10.5 Å². The van der Waals surface area contributed by atoms with E-state index in [9.17, 15) is 4.39 Å². The van der Waals surface area contributed by atoms with Crippen LogP contribution in [-0.4, -0.2) is 29.1 Å². The minimum Gasteiger partial charge on any atom is -0.497 e. The summed E-state index contributed by atoms with van der Waals surface area (Å²) in [5.41, 5.74) is 6.10. The molecular formula is C9H11FNO2Si. The number of halogens is 1. The lowest BCUT2D eigenvalue weighted by Gasteiger charge is -2.22. The van der Waals surface area contributed by atoms with Crippen LogP contribution in [0.15, 0.2) is 18.2 Å². The highest BCUT2D eigenvalue weighted by Crippen LogP contribution is 2.21. The topological polar surface area (TPSA) is 55.5 Å². The van der Waals surface area contributed by atoms with E-state index < -0.39 is 11.0 Å². The molecule has 0 aliphatic rings. The van der Waals surface area contributed by atoms with Crippen molar-refractivity contribution in [1.82, 2.24) is 0 Å². The summed E-state index contributed by atoms with van der Waals surface area (Å²) in [6.07, 6.45) is 0. The number of methoxy groups -OCH3 is 1. The fraction of sp³-hybridized carbons (Fsp3) is 0.333.